The van der Waals surface area contributed by atoms with Gasteiger partial charge in [-0.2, -0.15) is 11.3 Å². The molecule has 25 heavy (non-hydrogen) atoms. The summed E-state index contributed by atoms with van der Waals surface area (Å²) in [7, 11) is 0. The van der Waals surface area contributed by atoms with Gasteiger partial charge in [0.25, 0.3) is 5.91 Å². The largest absolute Gasteiger partial charge is 0.477 e. The Kier molecular flexibility index (Phi) is 4.72. The van der Waals surface area contributed by atoms with Crippen LogP contribution in [0.2, 0.25) is 0 Å². The van der Waals surface area contributed by atoms with Gasteiger partial charge >= 0.3 is 0 Å². The average molecular weight is 358 g/mol. The summed E-state index contributed by atoms with van der Waals surface area (Å²) >= 11 is 1.56. The molecule has 4 rings (SSSR count). The van der Waals surface area contributed by atoms with Gasteiger partial charge in [-0.1, -0.05) is 6.07 Å². The van der Waals surface area contributed by atoms with E-state index in [-0.39, 0.29) is 17.4 Å². The van der Waals surface area contributed by atoms with Crippen molar-refractivity contribution in [1.29, 1.82) is 0 Å². The number of fused-ring (bicyclic) bond motifs is 1. The van der Waals surface area contributed by atoms with Gasteiger partial charge in [0.1, 0.15) is 0 Å². The molecule has 132 valence electrons. The third-order valence-electron chi connectivity index (χ3n) is 5.19. The molecule has 4 heterocycles. The van der Waals surface area contributed by atoms with E-state index >= 15 is 0 Å². The van der Waals surface area contributed by atoms with Crippen LogP contribution in [0.5, 0.6) is 5.88 Å². The van der Waals surface area contributed by atoms with Gasteiger partial charge < -0.3 is 14.4 Å². The fraction of sp³-hybridized carbons (Fsp3) is 0.474. The van der Waals surface area contributed by atoms with Gasteiger partial charge in [0.2, 0.25) is 5.88 Å². The Bertz CT molecular complexity index is 707. The lowest BCUT2D eigenvalue weighted by Gasteiger charge is -2.50. The van der Waals surface area contributed by atoms with E-state index in [0.29, 0.717) is 19.0 Å². The third kappa shape index (κ3) is 3.41. The van der Waals surface area contributed by atoms with Crippen molar-refractivity contribution >= 4 is 17.2 Å². The standard InChI is InChI=1S/C19H22N2O3S/c22-18(15-6-11-25-12-15)21-9-5-16-19(13-21,7-3-10-23-16)14-24-17-4-1-2-8-20-17/h1-2,4,6,8,11-12,16H,3,5,7,9-10,13-14H2/t16-,19-/m0/s1. The van der Waals surface area contributed by atoms with Gasteiger partial charge in [0.15, 0.2) is 0 Å². The van der Waals surface area contributed by atoms with E-state index in [0.717, 1.165) is 38.0 Å². The molecule has 0 radical (unpaired) electrons. The van der Waals surface area contributed by atoms with E-state index in [1.807, 2.05) is 39.9 Å². The maximum absolute atomic E-state index is 12.8. The molecular weight excluding hydrogens is 336 g/mol. The van der Waals surface area contributed by atoms with Crippen LogP contribution in [0.3, 0.4) is 0 Å². The molecular formula is C19H22N2O3S. The van der Waals surface area contributed by atoms with Crippen molar-refractivity contribution < 1.29 is 14.3 Å². The van der Waals surface area contributed by atoms with Gasteiger partial charge in [0.05, 0.1) is 18.3 Å². The molecule has 6 heteroatoms. The van der Waals surface area contributed by atoms with E-state index in [1.54, 1.807) is 17.5 Å². The summed E-state index contributed by atoms with van der Waals surface area (Å²) in [6.07, 6.45) is 4.76. The zero-order chi connectivity index (χ0) is 17.1. The second kappa shape index (κ2) is 7.14. The molecule has 2 saturated heterocycles. The summed E-state index contributed by atoms with van der Waals surface area (Å²) in [5.41, 5.74) is 0.626. The van der Waals surface area contributed by atoms with Gasteiger partial charge in [-0.3, -0.25) is 4.79 Å². The van der Waals surface area contributed by atoms with Crippen LogP contribution in [0.15, 0.2) is 41.2 Å². The molecule has 1 amide bonds. The van der Waals surface area contributed by atoms with Crippen LogP contribution >= 0.6 is 11.3 Å². The normalized spacial score (nSPS) is 26.1. The number of carbonyl (C=O) groups excluding carboxylic acids is 1. The number of aromatic nitrogens is 1. The lowest BCUT2D eigenvalue weighted by atomic mass is 9.73. The minimum absolute atomic E-state index is 0.113. The van der Waals surface area contributed by atoms with E-state index in [4.69, 9.17) is 9.47 Å². The second-order valence-corrected chi connectivity index (χ2v) is 7.59. The van der Waals surface area contributed by atoms with Gasteiger partial charge in [-0.05, 0) is 36.8 Å². The lowest BCUT2D eigenvalue weighted by molar-refractivity contribution is -0.133. The first-order chi connectivity index (χ1) is 12.3. The highest BCUT2D eigenvalue weighted by atomic mass is 32.1. The Balaban J connectivity index is 1.51. The van der Waals surface area contributed by atoms with Crippen molar-refractivity contribution in [3.05, 3.63) is 46.8 Å². The van der Waals surface area contributed by atoms with Crippen molar-refractivity contribution in [2.75, 3.05) is 26.3 Å². The number of piperidine rings is 1. The van der Waals surface area contributed by atoms with Crippen LogP contribution in [0, 0.1) is 5.41 Å². The fourth-order valence-corrected chi connectivity index (χ4v) is 4.52. The first kappa shape index (κ1) is 16.5. The quantitative estimate of drug-likeness (QED) is 0.842. The smallest absolute Gasteiger partial charge is 0.254 e. The number of nitrogens with zero attached hydrogens (tertiary/aromatic N) is 2. The molecule has 0 aromatic carbocycles. The molecule has 2 aromatic rings. The fourth-order valence-electron chi connectivity index (χ4n) is 3.89. The van der Waals surface area contributed by atoms with Gasteiger partial charge in [-0.25, -0.2) is 4.98 Å². The van der Waals surface area contributed by atoms with Crippen LogP contribution in [-0.2, 0) is 4.74 Å². The Morgan fingerprint density at radius 3 is 3.20 bits per heavy atom. The number of rotatable bonds is 4. The number of thiophene rings is 1. The number of ether oxygens (including phenoxy) is 2. The molecule has 2 fully saturated rings. The molecule has 5 nitrogen and oxygen atoms in total. The lowest BCUT2D eigenvalue weighted by Crippen LogP contribution is -2.58. The molecule has 2 aromatic heterocycles. The average Bonchev–Trinajstić information content (AvgIpc) is 3.21. The molecule has 0 bridgehead atoms. The summed E-state index contributed by atoms with van der Waals surface area (Å²) in [6, 6.07) is 7.56. The molecule has 2 atom stereocenters. The first-order valence-electron chi connectivity index (χ1n) is 8.74. The number of carbonyl (C=O) groups is 1. The number of pyridine rings is 1. The van der Waals surface area contributed by atoms with Gasteiger partial charge in [0, 0.05) is 42.8 Å². The SMILES string of the molecule is O=C(c1ccsc1)N1CC[C@@H]2OCCC[C@@]2(COc2ccccn2)C1. The highest BCUT2D eigenvalue weighted by Crippen LogP contribution is 2.41. The second-order valence-electron chi connectivity index (χ2n) is 6.81. The monoisotopic (exact) mass is 358 g/mol. The Hall–Kier alpha value is -1.92. The molecule has 0 saturated carbocycles. The molecule has 2 aliphatic rings. The van der Waals surface area contributed by atoms with Crippen LogP contribution < -0.4 is 4.74 Å². The van der Waals surface area contributed by atoms with Crippen molar-refractivity contribution in [2.24, 2.45) is 5.41 Å². The third-order valence-corrected chi connectivity index (χ3v) is 5.87. The van der Waals surface area contributed by atoms with E-state index < -0.39 is 0 Å². The highest BCUT2D eigenvalue weighted by Gasteiger charge is 2.47. The van der Waals surface area contributed by atoms with Crippen molar-refractivity contribution in [3.8, 4) is 5.88 Å². The van der Waals surface area contributed by atoms with Crippen molar-refractivity contribution in [1.82, 2.24) is 9.88 Å². The van der Waals surface area contributed by atoms with E-state index in [1.165, 1.54) is 0 Å². The minimum atomic E-state index is -0.153. The summed E-state index contributed by atoms with van der Waals surface area (Å²) < 4.78 is 12.1. The predicted octanol–water partition coefficient (Wildman–Crippen LogP) is 3.23. The predicted molar refractivity (Wildman–Crippen MR) is 96.0 cm³/mol. The molecule has 2 aliphatic heterocycles. The summed E-state index contributed by atoms with van der Waals surface area (Å²) in [4.78, 5) is 19.0. The van der Waals surface area contributed by atoms with Crippen molar-refractivity contribution in [2.45, 2.75) is 25.4 Å². The Morgan fingerprint density at radius 2 is 2.40 bits per heavy atom. The number of likely N-dealkylation sites (tertiary alicyclic amines) is 1. The van der Waals surface area contributed by atoms with Crippen LogP contribution in [-0.4, -0.2) is 48.2 Å². The zero-order valence-electron chi connectivity index (χ0n) is 14.1. The summed E-state index contributed by atoms with van der Waals surface area (Å²) in [5.74, 6) is 0.741. The molecule has 0 spiro atoms. The highest BCUT2D eigenvalue weighted by molar-refractivity contribution is 7.08. The molecule has 0 N–H and O–H groups in total. The topological polar surface area (TPSA) is 51.7 Å². The Labute approximate surface area is 151 Å². The maximum Gasteiger partial charge on any atom is 0.254 e. The summed E-state index contributed by atoms with van der Waals surface area (Å²) in [5, 5.41) is 3.87. The minimum Gasteiger partial charge on any atom is -0.477 e. The number of amides is 1. The zero-order valence-corrected chi connectivity index (χ0v) is 14.9. The van der Waals surface area contributed by atoms with Crippen LogP contribution in [0.25, 0.3) is 0 Å². The van der Waals surface area contributed by atoms with E-state index in [2.05, 4.69) is 4.98 Å². The number of hydrogen-bond acceptors (Lipinski definition) is 5. The van der Waals surface area contributed by atoms with Crippen LogP contribution in [0.1, 0.15) is 29.6 Å². The number of hydrogen-bond donors (Lipinski definition) is 0. The van der Waals surface area contributed by atoms with Gasteiger partial charge in [-0.15, -0.1) is 0 Å². The first-order valence-corrected chi connectivity index (χ1v) is 9.68. The van der Waals surface area contributed by atoms with E-state index in [9.17, 15) is 4.79 Å². The van der Waals surface area contributed by atoms with Crippen molar-refractivity contribution in [3.63, 3.8) is 0 Å². The Morgan fingerprint density at radius 1 is 1.44 bits per heavy atom. The summed E-state index contributed by atoms with van der Waals surface area (Å²) in [6.45, 7) is 2.75. The maximum atomic E-state index is 12.8. The molecule has 0 unspecified atom stereocenters. The van der Waals surface area contributed by atoms with Crippen LogP contribution in [0.4, 0.5) is 0 Å². The molecule has 0 aliphatic carbocycles.